The summed E-state index contributed by atoms with van der Waals surface area (Å²) in [6.07, 6.45) is 3.19. The first-order chi connectivity index (χ1) is 14.5. The Balaban J connectivity index is 1.51. The molecule has 0 aliphatic rings. The van der Waals surface area contributed by atoms with Crippen LogP contribution in [-0.4, -0.2) is 25.4 Å². The minimum absolute atomic E-state index is 0.127. The van der Waals surface area contributed by atoms with Crippen molar-refractivity contribution in [1.29, 1.82) is 0 Å². The molecule has 0 unspecified atom stereocenters. The lowest BCUT2D eigenvalue weighted by Crippen LogP contribution is -2.30. The van der Waals surface area contributed by atoms with Gasteiger partial charge >= 0.3 is 6.01 Å². The van der Waals surface area contributed by atoms with Crippen LogP contribution in [0.5, 0.6) is 11.8 Å². The molecule has 0 spiro atoms. The third-order valence-electron chi connectivity index (χ3n) is 4.58. The fraction of sp³-hybridized carbons (Fsp3) is 0.136. The molecule has 1 N–H and O–H groups in total. The van der Waals surface area contributed by atoms with E-state index in [-0.39, 0.29) is 24.0 Å². The molecular weight excluding hydrogens is 382 g/mol. The Labute approximate surface area is 172 Å². The average molecular weight is 401 g/mol. The number of amides is 1. The van der Waals surface area contributed by atoms with Crippen LogP contribution < -0.4 is 15.6 Å². The lowest BCUT2D eigenvalue weighted by atomic mass is 10.2. The highest BCUT2D eigenvalue weighted by Gasteiger charge is 2.13. The maximum atomic E-state index is 12.7. The molecule has 2 aromatic heterocycles. The fourth-order valence-electron chi connectivity index (χ4n) is 3.08. The standard InChI is InChI=1S/C22H19N5O3/c1-14-12-16(30-22-23-10-5-11-24-22)8-9-18(14)26-20(28)13-27-15(2)25-19-7-4-3-6-17(19)21(27)29/h3-12H,13H2,1-2H3,(H,26,28). The van der Waals surface area contributed by atoms with Crippen LogP contribution in [0, 0.1) is 13.8 Å². The number of benzene rings is 2. The predicted octanol–water partition coefficient (Wildman–Crippen LogP) is 3.23. The minimum atomic E-state index is -0.319. The summed E-state index contributed by atoms with van der Waals surface area (Å²) in [6.45, 7) is 3.44. The number of aryl methyl sites for hydroxylation is 2. The van der Waals surface area contributed by atoms with Crippen molar-refractivity contribution in [3.8, 4) is 11.8 Å². The Bertz CT molecular complexity index is 1290. The van der Waals surface area contributed by atoms with Crippen LogP contribution >= 0.6 is 0 Å². The van der Waals surface area contributed by atoms with E-state index in [0.717, 1.165) is 5.56 Å². The van der Waals surface area contributed by atoms with Gasteiger partial charge in [0.15, 0.2) is 0 Å². The van der Waals surface area contributed by atoms with Gasteiger partial charge in [-0.3, -0.25) is 14.2 Å². The highest BCUT2D eigenvalue weighted by Crippen LogP contribution is 2.24. The predicted molar refractivity (Wildman–Crippen MR) is 113 cm³/mol. The van der Waals surface area contributed by atoms with Crippen molar-refractivity contribution in [1.82, 2.24) is 19.5 Å². The van der Waals surface area contributed by atoms with Crippen molar-refractivity contribution >= 4 is 22.5 Å². The highest BCUT2D eigenvalue weighted by atomic mass is 16.5. The number of anilines is 1. The van der Waals surface area contributed by atoms with Crippen molar-refractivity contribution in [3.05, 3.63) is 82.7 Å². The number of nitrogens with one attached hydrogen (secondary N) is 1. The quantitative estimate of drug-likeness (QED) is 0.551. The number of hydrogen-bond donors (Lipinski definition) is 1. The van der Waals surface area contributed by atoms with Crippen LogP contribution in [0.25, 0.3) is 10.9 Å². The second-order valence-corrected chi connectivity index (χ2v) is 6.73. The Hall–Kier alpha value is -4.07. The van der Waals surface area contributed by atoms with Crippen LogP contribution in [0.15, 0.2) is 65.7 Å². The van der Waals surface area contributed by atoms with Crippen molar-refractivity contribution in [3.63, 3.8) is 0 Å². The van der Waals surface area contributed by atoms with Gasteiger partial charge in [0.1, 0.15) is 18.1 Å². The molecule has 1 amide bonds. The molecule has 0 atom stereocenters. The molecule has 8 nitrogen and oxygen atoms in total. The molecule has 0 radical (unpaired) electrons. The Morgan fingerprint density at radius 1 is 1.07 bits per heavy atom. The van der Waals surface area contributed by atoms with Crippen molar-refractivity contribution in [2.75, 3.05) is 5.32 Å². The molecule has 4 aromatic rings. The van der Waals surface area contributed by atoms with Crippen molar-refractivity contribution in [2.24, 2.45) is 0 Å². The average Bonchev–Trinajstić information content (AvgIpc) is 2.74. The molecule has 4 rings (SSSR count). The van der Waals surface area contributed by atoms with Gasteiger partial charge in [-0.15, -0.1) is 0 Å². The molecule has 0 saturated heterocycles. The largest absolute Gasteiger partial charge is 0.424 e. The topological polar surface area (TPSA) is 99.0 Å². The van der Waals surface area contributed by atoms with Crippen LogP contribution in [0.3, 0.4) is 0 Å². The zero-order valence-corrected chi connectivity index (χ0v) is 16.5. The first-order valence-corrected chi connectivity index (χ1v) is 9.33. The summed E-state index contributed by atoms with van der Waals surface area (Å²) in [4.78, 5) is 37.8. The van der Waals surface area contributed by atoms with Gasteiger partial charge in [0, 0.05) is 18.1 Å². The first-order valence-electron chi connectivity index (χ1n) is 9.33. The van der Waals surface area contributed by atoms with Gasteiger partial charge in [0.25, 0.3) is 5.56 Å². The van der Waals surface area contributed by atoms with E-state index in [1.807, 2.05) is 13.0 Å². The lowest BCUT2D eigenvalue weighted by Gasteiger charge is -2.13. The van der Waals surface area contributed by atoms with Gasteiger partial charge in [-0.05, 0) is 55.8 Å². The van der Waals surface area contributed by atoms with Crippen LogP contribution in [-0.2, 0) is 11.3 Å². The SMILES string of the molecule is Cc1cc(Oc2ncccn2)ccc1NC(=O)Cn1c(C)nc2ccccc2c1=O. The van der Waals surface area contributed by atoms with E-state index < -0.39 is 0 Å². The molecular formula is C22H19N5O3. The summed E-state index contributed by atoms with van der Waals surface area (Å²) < 4.78 is 6.97. The normalized spacial score (nSPS) is 10.7. The molecule has 0 aliphatic carbocycles. The molecule has 0 bridgehead atoms. The molecule has 2 aromatic carbocycles. The van der Waals surface area contributed by atoms with Gasteiger partial charge in [0.05, 0.1) is 10.9 Å². The van der Waals surface area contributed by atoms with Gasteiger partial charge in [-0.2, -0.15) is 0 Å². The van der Waals surface area contributed by atoms with Gasteiger partial charge in [-0.1, -0.05) is 12.1 Å². The molecule has 0 fully saturated rings. The second kappa shape index (κ2) is 8.12. The third-order valence-corrected chi connectivity index (χ3v) is 4.58. The van der Waals surface area contributed by atoms with Crippen LogP contribution in [0.2, 0.25) is 0 Å². The van der Waals surface area contributed by atoms with Gasteiger partial charge in [-0.25, -0.2) is 15.0 Å². The van der Waals surface area contributed by atoms with Crippen molar-refractivity contribution < 1.29 is 9.53 Å². The van der Waals surface area contributed by atoms with E-state index >= 15 is 0 Å². The first kappa shape index (κ1) is 19.3. The maximum absolute atomic E-state index is 12.7. The minimum Gasteiger partial charge on any atom is -0.424 e. The number of rotatable bonds is 5. The van der Waals surface area contributed by atoms with Crippen LogP contribution in [0.1, 0.15) is 11.4 Å². The second-order valence-electron chi connectivity index (χ2n) is 6.73. The molecule has 0 aliphatic heterocycles. The third kappa shape index (κ3) is 4.02. The summed E-state index contributed by atoms with van der Waals surface area (Å²) in [7, 11) is 0. The molecule has 150 valence electrons. The van der Waals surface area contributed by atoms with E-state index in [1.54, 1.807) is 61.8 Å². The summed E-state index contributed by atoms with van der Waals surface area (Å²) in [6, 6.07) is 14.3. The molecule has 0 saturated carbocycles. The number of ether oxygens (including phenoxy) is 1. The number of aromatic nitrogens is 4. The van der Waals surface area contributed by atoms with Crippen molar-refractivity contribution in [2.45, 2.75) is 20.4 Å². The smallest absolute Gasteiger partial charge is 0.321 e. The monoisotopic (exact) mass is 401 g/mol. The Morgan fingerprint density at radius 3 is 2.60 bits per heavy atom. The van der Waals surface area contributed by atoms with Gasteiger partial charge in [0.2, 0.25) is 5.91 Å². The molecule has 30 heavy (non-hydrogen) atoms. The highest BCUT2D eigenvalue weighted by molar-refractivity contribution is 5.91. The maximum Gasteiger partial charge on any atom is 0.321 e. The van der Waals surface area contributed by atoms with Crippen LogP contribution in [0.4, 0.5) is 5.69 Å². The summed E-state index contributed by atoms with van der Waals surface area (Å²) in [5.41, 5.74) is 1.81. The summed E-state index contributed by atoms with van der Waals surface area (Å²) >= 11 is 0. The van der Waals surface area contributed by atoms with E-state index in [2.05, 4.69) is 20.3 Å². The van der Waals surface area contributed by atoms with E-state index in [4.69, 9.17) is 4.74 Å². The van der Waals surface area contributed by atoms with E-state index in [0.29, 0.717) is 28.2 Å². The number of carbonyl (C=O) groups is 1. The number of hydrogen-bond acceptors (Lipinski definition) is 6. The van der Waals surface area contributed by atoms with E-state index in [9.17, 15) is 9.59 Å². The number of nitrogens with zero attached hydrogens (tertiary/aromatic N) is 4. The summed E-state index contributed by atoms with van der Waals surface area (Å²) in [5, 5.41) is 3.32. The zero-order chi connectivity index (χ0) is 21.1. The lowest BCUT2D eigenvalue weighted by molar-refractivity contribution is -0.116. The number of fused-ring (bicyclic) bond motifs is 1. The molecule has 2 heterocycles. The Morgan fingerprint density at radius 2 is 1.83 bits per heavy atom. The number of para-hydroxylation sites is 1. The number of carbonyl (C=O) groups excluding carboxylic acids is 1. The fourth-order valence-corrected chi connectivity index (χ4v) is 3.08. The Kier molecular flexibility index (Phi) is 5.21. The van der Waals surface area contributed by atoms with Gasteiger partial charge < -0.3 is 10.1 Å². The van der Waals surface area contributed by atoms with E-state index in [1.165, 1.54) is 4.57 Å². The molecule has 8 heteroatoms. The zero-order valence-electron chi connectivity index (χ0n) is 16.5. The summed E-state index contributed by atoms with van der Waals surface area (Å²) in [5.74, 6) is 0.722.